The fourth-order valence-corrected chi connectivity index (χ4v) is 8.10. The first kappa shape index (κ1) is 53.2. The van der Waals surface area contributed by atoms with Gasteiger partial charge >= 0.3 is 12.2 Å². The Morgan fingerprint density at radius 3 is 1.43 bits per heavy atom. The van der Waals surface area contributed by atoms with Gasteiger partial charge in [0.1, 0.15) is 17.5 Å². The summed E-state index contributed by atoms with van der Waals surface area (Å²) in [6.07, 6.45) is 3.12. The maximum atomic E-state index is 13.0. The number of benzene rings is 2. The molecule has 0 bridgehead atoms. The SMILES string of the molecule is C=C(CC(C)C)C(O)C[C@@H]1c2cc(OC)c(OC)cc2CCN1C(=O)OC(C)(C)C.C=C(I)CC(C)C.COc1cc2c(cc1OC)[C@@H](CC=O)N(C(=O)OC(C)(C)C)CC2. The van der Waals surface area contributed by atoms with Crippen LogP contribution in [0.3, 0.4) is 0 Å². The van der Waals surface area contributed by atoms with Crippen LogP contribution >= 0.6 is 22.6 Å². The molecular formula is C48H73IN2O10. The Kier molecular flexibility index (Phi) is 20.9. The van der Waals surface area contributed by atoms with E-state index in [0.29, 0.717) is 61.3 Å². The van der Waals surface area contributed by atoms with Gasteiger partial charge in [-0.15, -0.1) is 0 Å². The van der Waals surface area contributed by atoms with E-state index in [9.17, 15) is 19.5 Å². The molecule has 342 valence electrons. The number of carbonyl (C=O) groups excluding carboxylic acids is 3. The van der Waals surface area contributed by atoms with Gasteiger partial charge in [0, 0.05) is 25.9 Å². The summed E-state index contributed by atoms with van der Waals surface area (Å²) >= 11 is 2.26. The van der Waals surface area contributed by atoms with E-state index < -0.39 is 23.4 Å². The van der Waals surface area contributed by atoms with E-state index in [4.69, 9.17) is 28.4 Å². The largest absolute Gasteiger partial charge is 0.493 e. The Hall–Kier alpha value is -3.98. The van der Waals surface area contributed by atoms with Gasteiger partial charge in [-0.1, -0.05) is 40.9 Å². The van der Waals surface area contributed by atoms with Crippen molar-refractivity contribution < 1.29 is 47.9 Å². The molecule has 0 aliphatic carbocycles. The van der Waals surface area contributed by atoms with Crippen molar-refractivity contribution in [3.63, 3.8) is 0 Å². The maximum absolute atomic E-state index is 13.0. The van der Waals surface area contributed by atoms with Gasteiger partial charge in [0.2, 0.25) is 0 Å². The van der Waals surface area contributed by atoms with E-state index in [2.05, 4.69) is 63.4 Å². The van der Waals surface area contributed by atoms with Gasteiger partial charge < -0.3 is 48.1 Å². The summed E-state index contributed by atoms with van der Waals surface area (Å²) < 4.78 is 34.0. The quantitative estimate of drug-likeness (QED) is 0.117. The molecule has 0 radical (unpaired) electrons. The van der Waals surface area contributed by atoms with E-state index in [0.717, 1.165) is 52.9 Å². The second-order valence-electron chi connectivity index (χ2n) is 18.2. The highest BCUT2D eigenvalue weighted by Crippen LogP contribution is 2.42. The monoisotopic (exact) mass is 964 g/mol. The molecule has 0 spiro atoms. The fraction of sp³-hybridized carbons (Fsp3) is 0.604. The van der Waals surface area contributed by atoms with E-state index in [1.54, 1.807) is 38.2 Å². The number of methoxy groups -OCH3 is 4. The van der Waals surface area contributed by atoms with Gasteiger partial charge in [-0.25, -0.2) is 9.59 Å². The first-order valence-electron chi connectivity index (χ1n) is 21.0. The standard InChI is InChI=1S/C24H37NO5.C18H25NO5.C6H11I/c1-15(2)11-16(3)20(26)14-19-18-13-22(29-8)21(28-7)12-17(18)9-10-25(19)23(27)30-24(4,5)6;1-18(2,3)24-17(21)19-8-6-12-10-15(22-4)16(23-5)11-13(12)14(19)7-9-20;1-5(2)4-6(3)7/h12-13,15,19-20,26H,3,9-11,14H2,1-2,4-8H3;9-11,14H,6-8H2,1-5H3;5H,3-4H2,1-2H3/t19-,20?;14-;/m11./s1. The number of rotatable bonds is 13. The zero-order valence-corrected chi connectivity index (χ0v) is 41.4. The Labute approximate surface area is 379 Å². The third kappa shape index (κ3) is 16.7. The molecule has 0 aromatic heterocycles. The minimum atomic E-state index is -0.721. The highest BCUT2D eigenvalue weighted by atomic mass is 127. The lowest BCUT2D eigenvalue weighted by Gasteiger charge is -2.39. The van der Waals surface area contributed by atoms with Crippen LogP contribution in [0.25, 0.3) is 0 Å². The smallest absolute Gasteiger partial charge is 0.410 e. The molecule has 2 aromatic carbocycles. The molecule has 61 heavy (non-hydrogen) atoms. The number of aliphatic hydroxyl groups is 1. The van der Waals surface area contributed by atoms with Crippen LogP contribution in [-0.4, -0.2) is 92.2 Å². The highest BCUT2D eigenvalue weighted by molar-refractivity contribution is 14.1. The van der Waals surface area contributed by atoms with Crippen molar-refractivity contribution in [2.45, 2.75) is 137 Å². The van der Waals surface area contributed by atoms with Crippen molar-refractivity contribution in [3.05, 3.63) is 68.8 Å². The number of nitrogens with zero attached hydrogens (tertiary/aromatic N) is 2. The molecule has 4 rings (SSSR count). The number of hydrogen-bond donors (Lipinski definition) is 1. The Morgan fingerprint density at radius 2 is 1.10 bits per heavy atom. The lowest BCUT2D eigenvalue weighted by molar-refractivity contribution is -0.109. The average molecular weight is 965 g/mol. The lowest BCUT2D eigenvalue weighted by Crippen LogP contribution is -2.44. The summed E-state index contributed by atoms with van der Waals surface area (Å²) in [7, 11) is 6.35. The van der Waals surface area contributed by atoms with Crippen molar-refractivity contribution >= 4 is 41.1 Å². The molecular weight excluding hydrogens is 891 g/mol. The summed E-state index contributed by atoms with van der Waals surface area (Å²) in [5.41, 5.74) is 3.58. The molecule has 0 saturated carbocycles. The minimum absolute atomic E-state index is 0.210. The van der Waals surface area contributed by atoms with E-state index in [-0.39, 0.29) is 24.6 Å². The second kappa shape index (κ2) is 24.0. The molecule has 0 fully saturated rings. The van der Waals surface area contributed by atoms with Crippen LogP contribution in [0.1, 0.15) is 129 Å². The Morgan fingerprint density at radius 1 is 0.721 bits per heavy atom. The van der Waals surface area contributed by atoms with E-state index in [1.165, 1.54) is 3.58 Å². The molecule has 3 atom stereocenters. The average Bonchev–Trinajstić information content (AvgIpc) is 3.15. The van der Waals surface area contributed by atoms with Crippen LogP contribution in [0, 0.1) is 11.8 Å². The first-order chi connectivity index (χ1) is 28.4. The highest BCUT2D eigenvalue weighted by Gasteiger charge is 2.37. The molecule has 2 aliphatic heterocycles. The van der Waals surface area contributed by atoms with E-state index in [1.807, 2.05) is 65.8 Å². The topological polar surface area (TPSA) is 133 Å². The number of ether oxygens (including phenoxy) is 6. The molecule has 2 aromatic rings. The summed E-state index contributed by atoms with van der Waals surface area (Å²) in [5.74, 6) is 3.65. The van der Waals surface area contributed by atoms with Crippen LogP contribution in [0.5, 0.6) is 23.0 Å². The summed E-state index contributed by atoms with van der Waals surface area (Å²) in [4.78, 5) is 40.0. The van der Waals surface area contributed by atoms with Crippen molar-refractivity contribution in [1.29, 1.82) is 0 Å². The van der Waals surface area contributed by atoms with Crippen molar-refractivity contribution in [1.82, 2.24) is 9.80 Å². The first-order valence-corrected chi connectivity index (χ1v) is 22.1. The number of fused-ring (bicyclic) bond motifs is 2. The van der Waals surface area contributed by atoms with Gasteiger partial charge in [-0.3, -0.25) is 0 Å². The van der Waals surface area contributed by atoms with Gasteiger partial charge in [-0.2, -0.15) is 0 Å². The number of allylic oxidation sites excluding steroid dienone is 1. The van der Waals surface area contributed by atoms with Crippen molar-refractivity contribution in [2.75, 3.05) is 41.5 Å². The number of halogens is 1. The fourth-order valence-electron chi connectivity index (χ4n) is 7.22. The number of carbonyl (C=O) groups is 3. The molecule has 12 nitrogen and oxygen atoms in total. The van der Waals surface area contributed by atoms with Crippen LogP contribution in [0.15, 0.2) is 46.6 Å². The van der Waals surface area contributed by atoms with Crippen LogP contribution in [0.4, 0.5) is 9.59 Å². The zero-order valence-electron chi connectivity index (χ0n) is 39.2. The molecule has 13 heteroatoms. The zero-order chi connectivity index (χ0) is 46.4. The van der Waals surface area contributed by atoms with Gasteiger partial charge in [0.05, 0.1) is 46.6 Å². The summed E-state index contributed by atoms with van der Waals surface area (Å²) in [6.45, 7) is 28.5. The molecule has 2 aliphatic rings. The number of aldehydes is 1. The molecule has 2 amide bonds. The molecule has 1 unspecified atom stereocenters. The second-order valence-corrected chi connectivity index (χ2v) is 19.7. The maximum Gasteiger partial charge on any atom is 0.410 e. The number of hydrogen-bond acceptors (Lipinski definition) is 10. The van der Waals surface area contributed by atoms with Gasteiger partial charge in [0.25, 0.3) is 0 Å². The Bertz CT molecular complexity index is 1800. The lowest BCUT2D eigenvalue weighted by atomic mass is 9.86. The predicted octanol–water partition coefficient (Wildman–Crippen LogP) is 11.0. The number of aliphatic hydroxyl groups excluding tert-OH is 1. The van der Waals surface area contributed by atoms with Crippen molar-refractivity contribution in [2.24, 2.45) is 11.8 Å². The normalized spacial score (nSPS) is 16.4. The van der Waals surface area contributed by atoms with Crippen LogP contribution in [-0.2, 0) is 27.1 Å². The third-order valence-corrected chi connectivity index (χ3v) is 10.2. The predicted molar refractivity (Wildman–Crippen MR) is 250 cm³/mol. The van der Waals surface area contributed by atoms with Crippen LogP contribution < -0.4 is 18.9 Å². The number of amides is 2. The molecule has 1 N–H and O–H groups in total. The van der Waals surface area contributed by atoms with Gasteiger partial charge in [0.15, 0.2) is 23.0 Å². The molecule has 0 saturated heterocycles. The van der Waals surface area contributed by atoms with Gasteiger partial charge in [-0.05, 0) is 157 Å². The third-order valence-electron chi connectivity index (χ3n) is 9.80. The summed E-state index contributed by atoms with van der Waals surface area (Å²) in [6, 6.07) is 6.93. The minimum Gasteiger partial charge on any atom is -0.493 e. The summed E-state index contributed by atoms with van der Waals surface area (Å²) in [5, 5.41) is 10.9. The Balaban J connectivity index is 0.000000369. The van der Waals surface area contributed by atoms with Crippen molar-refractivity contribution in [3.8, 4) is 23.0 Å². The van der Waals surface area contributed by atoms with Crippen LogP contribution in [0.2, 0.25) is 0 Å². The van der Waals surface area contributed by atoms with E-state index >= 15 is 0 Å². The molecule has 2 heterocycles.